The second-order valence-corrected chi connectivity index (χ2v) is 6.07. The van der Waals surface area contributed by atoms with Gasteiger partial charge in [0.25, 0.3) is 5.91 Å². The van der Waals surface area contributed by atoms with Gasteiger partial charge in [0.15, 0.2) is 0 Å². The lowest BCUT2D eigenvalue weighted by atomic mass is 10.0. The van der Waals surface area contributed by atoms with E-state index in [4.69, 9.17) is 11.0 Å². The fourth-order valence-corrected chi connectivity index (χ4v) is 2.94. The Morgan fingerprint density at radius 1 is 1.14 bits per heavy atom. The van der Waals surface area contributed by atoms with Gasteiger partial charge in [0.2, 0.25) is 0 Å². The number of benzene rings is 1. The molecule has 1 amide bonds. The van der Waals surface area contributed by atoms with Crippen LogP contribution < -0.4 is 5.73 Å². The number of nitrogens with one attached hydrogen (secondary N) is 1. The number of fused-ring (bicyclic) bond motifs is 1. The maximum absolute atomic E-state index is 11.3. The highest BCUT2D eigenvalue weighted by Gasteiger charge is 2.10. The lowest BCUT2D eigenvalue weighted by Crippen LogP contribution is -2.12. The third-order valence-corrected chi connectivity index (χ3v) is 4.29. The predicted octanol–water partition coefficient (Wildman–Crippen LogP) is 3.08. The van der Waals surface area contributed by atoms with Crippen LogP contribution in [0.3, 0.4) is 0 Å². The first kappa shape index (κ1) is 17.1. The number of nitrogens with two attached hydrogens (primary N) is 1. The van der Waals surface area contributed by atoms with Gasteiger partial charge in [-0.2, -0.15) is 5.26 Å². The van der Waals surface area contributed by atoms with Crippen LogP contribution in [0.15, 0.2) is 66.9 Å². The highest BCUT2D eigenvalue weighted by atomic mass is 16.1. The van der Waals surface area contributed by atoms with Gasteiger partial charge >= 0.3 is 0 Å². The minimum absolute atomic E-state index is 0.0960. The van der Waals surface area contributed by atoms with Gasteiger partial charge in [-0.05, 0) is 29.3 Å². The molecule has 3 N–H and O–H groups in total. The number of hydrogen-bond donors (Lipinski definition) is 2. The molecule has 0 aliphatic rings. The fraction of sp³-hybridized carbons (Fsp3) is 0. The van der Waals surface area contributed by atoms with Crippen LogP contribution in [0.2, 0.25) is 0 Å². The third kappa shape index (κ3) is 3.22. The van der Waals surface area contributed by atoms with Gasteiger partial charge in [-0.3, -0.25) is 14.8 Å². The highest BCUT2D eigenvalue weighted by molar-refractivity contribution is 6.00. The highest BCUT2D eigenvalue weighted by Crippen LogP contribution is 2.30. The van der Waals surface area contributed by atoms with E-state index in [2.05, 4.69) is 19.9 Å². The van der Waals surface area contributed by atoms with Crippen LogP contribution in [0.5, 0.6) is 0 Å². The number of primary amides is 1. The maximum Gasteiger partial charge on any atom is 0.259 e. The molecule has 28 heavy (non-hydrogen) atoms. The summed E-state index contributed by atoms with van der Waals surface area (Å²) in [5.41, 5.74) is 10.0. The molecule has 1 aromatic carbocycles. The predicted molar refractivity (Wildman–Crippen MR) is 105 cm³/mol. The number of pyridine rings is 1. The zero-order valence-electron chi connectivity index (χ0n) is 14.6. The lowest BCUT2D eigenvalue weighted by molar-refractivity contribution is -0.114. The largest absolute Gasteiger partial charge is 0.365 e. The number of amides is 1. The second kappa shape index (κ2) is 7.13. The molecule has 134 valence electrons. The summed E-state index contributed by atoms with van der Waals surface area (Å²) < 4.78 is 0. The Bertz CT molecular complexity index is 1250. The molecule has 0 aliphatic heterocycles. The van der Waals surface area contributed by atoms with Gasteiger partial charge in [0.1, 0.15) is 17.3 Å². The first-order chi connectivity index (χ1) is 13.7. The van der Waals surface area contributed by atoms with E-state index in [1.165, 1.54) is 6.08 Å². The number of rotatable bonds is 4. The standard InChI is InChI=1S/C21H14N6O/c22-9-15(20(23)28)7-13-2-1-3-14(6-13)16-8-17-18(11-27-21(17)26-10-16)19-12-24-4-5-25-19/h1-8,10-12H,(H2,23,28)(H,26,27). The van der Waals surface area contributed by atoms with Crippen molar-refractivity contribution >= 4 is 23.0 Å². The summed E-state index contributed by atoms with van der Waals surface area (Å²) >= 11 is 0. The third-order valence-electron chi connectivity index (χ3n) is 4.29. The lowest BCUT2D eigenvalue weighted by Gasteiger charge is -2.05. The maximum atomic E-state index is 11.3. The van der Waals surface area contributed by atoms with E-state index in [9.17, 15) is 4.79 Å². The van der Waals surface area contributed by atoms with Gasteiger partial charge < -0.3 is 10.7 Å². The molecule has 0 aliphatic carbocycles. The van der Waals surface area contributed by atoms with Crippen LogP contribution in [-0.4, -0.2) is 25.8 Å². The van der Waals surface area contributed by atoms with Crippen LogP contribution in [0.1, 0.15) is 5.56 Å². The van der Waals surface area contributed by atoms with Gasteiger partial charge in [-0.15, -0.1) is 0 Å². The van der Waals surface area contributed by atoms with Crippen molar-refractivity contribution in [2.24, 2.45) is 5.73 Å². The number of H-pyrrole nitrogens is 1. The summed E-state index contributed by atoms with van der Waals surface area (Å²) in [6, 6.07) is 11.3. The Balaban J connectivity index is 1.79. The first-order valence-electron chi connectivity index (χ1n) is 8.41. The molecule has 0 radical (unpaired) electrons. The molecule has 0 fully saturated rings. The minimum Gasteiger partial charge on any atom is -0.365 e. The minimum atomic E-state index is -0.753. The molecule has 0 bridgehead atoms. The normalized spacial score (nSPS) is 11.3. The fourth-order valence-electron chi connectivity index (χ4n) is 2.94. The van der Waals surface area contributed by atoms with Crippen molar-refractivity contribution in [3.63, 3.8) is 0 Å². The van der Waals surface area contributed by atoms with E-state index in [1.807, 2.05) is 36.5 Å². The molecule has 0 unspecified atom stereocenters. The molecule has 0 saturated carbocycles. The SMILES string of the molecule is N#CC(=Cc1cccc(-c2cnc3[nH]cc(-c4cnccn4)c3c2)c1)C(N)=O. The van der Waals surface area contributed by atoms with Crippen molar-refractivity contribution < 1.29 is 4.79 Å². The van der Waals surface area contributed by atoms with Crippen molar-refractivity contribution in [1.82, 2.24) is 19.9 Å². The van der Waals surface area contributed by atoms with E-state index >= 15 is 0 Å². The zero-order valence-corrected chi connectivity index (χ0v) is 14.6. The Kier molecular flexibility index (Phi) is 4.36. The molecule has 7 nitrogen and oxygen atoms in total. The number of nitrogens with zero attached hydrogens (tertiary/aromatic N) is 4. The van der Waals surface area contributed by atoms with Crippen LogP contribution in [0.25, 0.3) is 39.5 Å². The number of hydrogen-bond acceptors (Lipinski definition) is 5. The number of carbonyl (C=O) groups is 1. The summed E-state index contributed by atoms with van der Waals surface area (Å²) in [6.07, 6.45) is 10.1. The molecular weight excluding hydrogens is 352 g/mol. The number of carbonyl (C=O) groups excluding carboxylic acids is 1. The Morgan fingerprint density at radius 3 is 2.79 bits per heavy atom. The van der Waals surface area contributed by atoms with Gasteiger partial charge in [0, 0.05) is 41.3 Å². The molecule has 3 heterocycles. The molecule has 0 spiro atoms. The molecule has 4 rings (SSSR count). The summed E-state index contributed by atoms with van der Waals surface area (Å²) in [5.74, 6) is -0.753. The van der Waals surface area contributed by atoms with Crippen molar-refractivity contribution in [2.45, 2.75) is 0 Å². The van der Waals surface area contributed by atoms with Crippen LogP contribution >= 0.6 is 0 Å². The second-order valence-electron chi connectivity index (χ2n) is 6.07. The van der Waals surface area contributed by atoms with Gasteiger partial charge in [-0.25, -0.2) is 4.98 Å². The van der Waals surface area contributed by atoms with E-state index in [1.54, 1.807) is 30.9 Å². The number of aromatic amines is 1. The molecule has 0 saturated heterocycles. The van der Waals surface area contributed by atoms with Crippen molar-refractivity contribution in [3.8, 4) is 28.5 Å². The smallest absolute Gasteiger partial charge is 0.259 e. The van der Waals surface area contributed by atoms with Crippen LogP contribution in [0.4, 0.5) is 0 Å². The number of nitriles is 1. The average Bonchev–Trinajstić information content (AvgIpc) is 3.16. The number of aromatic nitrogens is 4. The quantitative estimate of drug-likeness (QED) is 0.424. The van der Waals surface area contributed by atoms with Crippen LogP contribution in [-0.2, 0) is 4.79 Å². The van der Waals surface area contributed by atoms with Crippen molar-refractivity contribution in [2.75, 3.05) is 0 Å². The molecule has 0 atom stereocenters. The van der Waals surface area contributed by atoms with E-state index in [-0.39, 0.29) is 5.57 Å². The molecular formula is C21H14N6O. The summed E-state index contributed by atoms with van der Waals surface area (Å²) in [7, 11) is 0. The van der Waals surface area contributed by atoms with Gasteiger partial charge in [0.05, 0.1) is 11.9 Å². The van der Waals surface area contributed by atoms with Gasteiger partial charge in [-0.1, -0.05) is 18.2 Å². The summed E-state index contributed by atoms with van der Waals surface area (Å²) in [5, 5.41) is 9.96. The van der Waals surface area contributed by atoms with Crippen LogP contribution in [0, 0.1) is 11.3 Å². The average molecular weight is 366 g/mol. The van der Waals surface area contributed by atoms with Crippen molar-refractivity contribution in [3.05, 3.63) is 72.5 Å². The monoisotopic (exact) mass is 366 g/mol. The first-order valence-corrected chi connectivity index (χ1v) is 8.41. The Morgan fingerprint density at radius 2 is 2.04 bits per heavy atom. The Hall–Kier alpha value is -4.31. The van der Waals surface area contributed by atoms with E-state index < -0.39 is 5.91 Å². The molecule has 3 aromatic heterocycles. The Labute approximate surface area is 160 Å². The van der Waals surface area contributed by atoms with Crippen molar-refractivity contribution in [1.29, 1.82) is 5.26 Å². The summed E-state index contributed by atoms with van der Waals surface area (Å²) in [6.45, 7) is 0. The van der Waals surface area contributed by atoms with E-state index in [0.717, 1.165) is 33.4 Å². The summed E-state index contributed by atoms with van der Waals surface area (Å²) in [4.78, 5) is 27.4. The molecule has 4 aromatic rings. The zero-order chi connectivity index (χ0) is 19.5. The van der Waals surface area contributed by atoms with E-state index in [0.29, 0.717) is 5.56 Å². The topological polar surface area (TPSA) is 121 Å². The molecule has 7 heteroatoms.